The smallest absolute Gasteiger partial charge is 0.223 e. The van der Waals surface area contributed by atoms with Crippen molar-refractivity contribution >= 4 is 24.2 Å². The zero-order valence-corrected chi connectivity index (χ0v) is 15.8. The van der Waals surface area contributed by atoms with Crippen LogP contribution in [0.2, 0.25) is 0 Å². The topological polar surface area (TPSA) is 84.2 Å². The SMILES string of the molecule is CC(C)CC(C)(CN)NC(=O)CC(C)NC(=O)C1CCCC1.Cl. The molecule has 0 bridgehead atoms. The number of carbonyl (C=O) groups is 2. The number of amides is 2. The Labute approximate surface area is 146 Å². The number of hydrogen-bond donors (Lipinski definition) is 3. The van der Waals surface area contributed by atoms with Gasteiger partial charge < -0.3 is 16.4 Å². The van der Waals surface area contributed by atoms with Crippen LogP contribution in [0.4, 0.5) is 0 Å². The first-order valence-electron chi connectivity index (χ1n) is 8.57. The second-order valence-electron chi connectivity index (χ2n) is 7.51. The molecule has 0 aromatic heterocycles. The van der Waals surface area contributed by atoms with E-state index >= 15 is 0 Å². The van der Waals surface area contributed by atoms with E-state index in [9.17, 15) is 9.59 Å². The van der Waals surface area contributed by atoms with Crippen LogP contribution >= 0.6 is 12.4 Å². The molecule has 1 fully saturated rings. The van der Waals surface area contributed by atoms with E-state index in [0.29, 0.717) is 18.9 Å². The average molecular weight is 348 g/mol. The Bertz CT molecular complexity index is 384. The van der Waals surface area contributed by atoms with Crippen molar-refractivity contribution in [1.29, 1.82) is 0 Å². The average Bonchev–Trinajstić information content (AvgIpc) is 2.90. The summed E-state index contributed by atoms with van der Waals surface area (Å²) in [6.07, 6.45) is 5.37. The van der Waals surface area contributed by atoms with Crippen LogP contribution in [0.5, 0.6) is 0 Å². The molecule has 136 valence electrons. The fourth-order valence-electron chi connectivity index (χ4n) is 3.35. The minimum absolute atomic E-state index is 0. The van der Waals surface area contributed by atoms with E-state index in [-0.39, 0.29) is 41.7 Å². The van der Waals surface area contributed by atoms with Crippen LogP contribution in [0.3, 0.4) is 0 Å². The summed E-state index contributed by atoms with van der Waals surface area (Å²) >= 11 is 0. The predicted molar refractivity (Wildman–Crippen MR) is 96.5 cm³/mol. The molecule has 6 heteroatoms. The fourth-order valence-corrected chi connectivity index (χ4v) is 3.35. The van der Waals surface area contributed by atoms with Crippen molar-refractivity contribution in [3.05, 3.63) is 0 Å². The highest BCUT2D eigenvalue weighted by Crippen LogP contribution is 2.24. The summed E-state index contributed by atoms with van der Waals surface area (Å²) in [6, 6.07) is -0.144. The van der Waals surface area contributed by atoms with Gasteiger partial charge in [0.1, 0.15) is 0 Å². The Morgan fingerprint density at radius 2 is 1.78 bits per heavy atom. The van der Waals surface area contributed by atoms with Gasteiger partial charge in [-0.2, -0.15) is 0 Å². The molecule has 0 aromatic rings. The van der Waals surface area contributed by atoms with Crippen molar-refractivity contribution in [3.8, 4) is 0 Å². The highest BCUT2D eigenvalue weighted by molar-refractivity contribution is 5.85. The van der Waals surface area contributed by atoms with Crippen LogP contribution in [0.1, 0.15) is 66.2 Å². The number of nitrogens with two attached hydrogens (primary N) is 1. The Balaban J connectivity index is 0.00000484. The van der Waals surface area contributed by atoms with E-state index < -0.39 is 0 Å². The summed E-state index contributed by atoms with van der Waals surface area (Å²) in [5.41, 5.74) is 5.44. The third kappa shape index (κ3) is 8.02. The van der Waals surface area contributed by atoms with E-state index in [1.165, 1.54) is 0 Å². The lowest BCUT2D eigenvalue weighted by atomic mass is 9.90. The lowest BCUT2D eigenvalue weighted by Gasteiger charge is -2.31. The van der Waals surface area contributed by atoms with Crippen molar-refractivity contribution < 1.29 is 9.59 Å². The van der Waals surface area contributed by atoms with Gasteiger partial charge in [0.05, 0.1) is 0 Å². The van der Waals surface area contributed by atoms with Gasteiger partial charge in [0.15, 0.2) is 0 Å². The second-order valence-corrected chi connectivity index (χ2v) is 7.51. The highest BCUT2D eigenvalue weighted by Gasteiger charge is 2.27. The zero-order chi connectivity index (χ0) is 16.8. The number of carbonyl (C=O) groups excluding carboxylic acids is 2. The van der Waals surface area contributed by atoms with E-state index in [0.717, 1.165) is 32.1 Å². The molecule has 1 aliphatic rings. The van der Waals surface area contributed by atoms with Gasteiger partial charge in [-0.15, -0.1) is 12.4 Å². The molecular formula is C17H34ClN3O2. The van der Waals surface area contributed by atoms with E-state index in [1.807, 2.05) is 13.8 Å². The Hall–Kier alpha value is -0.810. The van der Waals surface area contributed by atoms with Crippen molar-refractivity contribution in [2.24, 2.45) is 17.6 Å². The number of nitrogens with one attached hydrogen (secondary N) is 2. The van der Waals surface area contributed by atoms with Crippen LogP contribution in [0, 0.1) is 11.8 Å². The minimum atomic E-state index is -0.375. The maximum Gasteiger partial charge on any atom is 0.223 e. The summed E-state index contributed by atoms with van der Waals surface area (Å²) in [6.45, 7) is 8.51. The number of halogens is 1. The molecule has 0 aromatic carbocycles. The molecule has 23 heavy (non-hydrogen) atoms. The first kappa shape index (κ1) is 22.2. The third-order valence-electron chi connectivity index (χ3n) is 4.36. The van der Waals surface area contributed by atoms with Crippen molar-refractivity contribution in [2.75, 3.05) is 6.54 Å². The van der Waals surface area contributed by atoms with Crippen molar-refractivity contribution in [3.63, 3.8) is 0 Å². The first-order chi connectivity index (χ1) is 10.3. The molecule has 0 saturated heterocycles. The second kappa shape index (κ2) is 10.1. The number of rotatable bonds is 8. The van der Waals surface area contributed by atoms with Crippen LogP contribution in [0.25, 0.3) is 0 Å². The molecule has 5 nitrogen and oxygen atoms in total. The molecule has 0 heterocycles. The molecule has 0 radical (unpaired) electrons. The van der Waals surface area contributed by atoms with Gasteiger partial charge in [0.25, 0.3) is 0 Å². The quantitative estimate of drug-likeness (QED) is 0.630. The van der Waals surface area contributed by atoms with Gasteiger partial charge >= 0.3 is 0 Å². The van der Waals surface area contributed by atoms with Gasteiger partial charge in [0.2, 0.25) is 11.8 Å². The molecule has 0 spiro atoms. The summed E-state index contributed by atoms with van der Waals surface area (Å²) in [7, 11) is 0. The third-order valence-corrected chi connectivity index (χ3v) is 4.36. The van der Waals surface area contributed by atoms with Gasteiger partial charge in [-0.1, -0.05) is 26.7 Å². The summed E-state index contributed by atoms with van der Waals surface area (Å²) in [5.74, 6) is 0.656. The van der Waals surface area contributed by atoms with E-state index in [2.05, 4.69) is 24.5 Å². The fraction of sp³-hybridized carbons (Fsp3) is 0.882. The van der Waals surface area contributed by atoms with E-state index in [4.69, 9.17) is 5.73 Å². The largest absolute Gasteiger partial charge is 0.353 e. The molecule has 1 aliphatic carbocycles. The van der Waals surface area contributed by atoms with Crippen LogP contribution in [-0.2, 0) is 9.59 Å². The van der Waals surface area contributed by atoms with Crippen LogP contribution in [0.15, 0.2) is 0 Å². The Kier molecular flexibility index (Phi) is 9.78. The first-order valence-corrected chi connectivity index (χ1v) is 8.57. The zero-order valence-electron chi connectivity index (χ0n) is 15.0. The van der Waals surface area contributed by atoms with Gasteiger partial charge in [0, 0.05) is 30.5 Å². The number of hydrogen-bond acceptors (Lipinski definition) is 3. The molecule has 2 amide bonds. The molecule has 0 aliphatic heterocycles. The minimum Gasteiger partial charge on any atom is -0.353 e. The van der Waals surface area contributed by atoms with Crippen molar-refractivity contribution in [2.45, 2.75) is 77.8 Å². The monoisotopic (exact) mass is 347 g/mol. The van der Waals surface area contributed by atoms with E-state index in [1.54, 1.807) is 0 Å². The summed E-state index contributed by atoms with van der Waals surface area (Å²) < 4.78 is 0. The summed E-state index contributed by atoms with van der Waals surface area (Å²) in [4.78, 5) is 24.3. The van der Waals surface area contributed by atoms with Gasteiger partial charge in [-0.3, -0.25) is 9.59 Å². The standard InChI is InChI=1S/C17H33N3O2.ClH/c1-12(2)10-17(4,11-18)20-15(21)9-13(3)19-16(22)14-7-5-6-8-14;/h12-14H,5-11,18H2,1-4H3,(H,19,22)(H,20,21);1H. The molecular weight excluding hydrogens is 314 g/mol. The van der Waals surface area contributed by atoms with Crippen LogP contribution in [-0.4, -0.2) is 29.9 Å². The molecule has 2 unspecified atom stereocenters. The Morgan fingerprint density at radius 1 is 1.22 bits per heavy atom. The van der Waals surface area contributed by atoms with Crippen molar-refractivity contribution in [1.82, 2.24) is 10.6 Å². The Morgan fingerprint density at radius 3 is 2.26 bits per heavy atom. The predicted octanol–water partition coefficient (Wildman–Crippen LogP) is 2.37. The maximum atomic E-state index is 12.2. The lowest BCUT2D eigenvalue weighted by Crippen LogP contribution is -2.53. The summed E-state index contributed by atoms with van der Waals surface area (Å²) in [5, 5.41) is 6.00. The highest BCUT2D eigenvalue weighted by atomic mass is 35.5. The van der Waals surface area contributed by atoms with Gasteiger partial charge in [-0.25, -0.2) is 0 Å². The molecule has 1 rings (SSSR count). The lowest BCUT2D eigenvalue weighted by molar-refractivity contribution is -0.126. The van der Waals surface area contributed by atoms with Crippen LogP contribution < -0.4 is 16.4 Å². The molecule has 2 atom stereocenters. The maximum absolute atomic E-state index is 12.2. The normalized spacial score (nSPS) is 18.9. The molecule has 1 saturated carbocycles. The molecule has 4 N–H and O–H groups in total. The van der Waals surface area contributed by atoms with Gasteiger partial charge in [-0.05, 0) is 39.0 Å².